The average Bonchev–Trinajstić information content (AvgIpc) is 2.60. The fourth-order valence-corrected chi connectivity index (χ4v) is 2.50. The third kappa shape index (κ3) is 2.55. The first-order valence-corrected chi connectivity index (χ1v) is 6.55. The summed E-state index contributed by atoms with van der Waals surface area (Å²) in [5, 5.41) is -0.990. The van der Waals surface area contributed by atoms with Crippen molar-refractivity contribution in [2.24, 2.45) is 0 Å². The molecule has 1 aromatic rings. The Morgan fingerprint density at radius 1 is 1.47 bits per heavy atom. The van der Waals surface area contributed by atoms with Gasteiger partial charge >= 0.3 is 10.2 Å². The largest absolute Gasteiger partial charge is 0.309 e. The molecular weight excluding hydrogens is 271 g/mol. The van der Waals surface area contributed by atoms with Crippen LogP contribution in [0.5, 0.6) is 0 Å². The van der Waals surface area contributed by atoms with Crippen molar-refractivity contribution in [3.63, 3.8) is 0 Å². The molecule has 8 heteroatoms. The summed E-state index contributed by atoms with van der Waals surface area (Å²) in [5.74, 6) is -0.458. The number of hydrogen-bond donors (Lipinski definition) is 0. The van der Waals surface area contributed by atoms with E-state index in [-0.39, 0.29) is 13.0 Å². The van der Waals surface area contributed by atoms with Crippen LogP contribution >= 0.6 is 11.6 Å². The normalized spacial score (nSPS) is 20.9. The third-order valence-corrected chi connectivity index (χ3v) is 3.81. The van der Waals surface area contributed by atoms with Crippen LogP contribution in [0.15, 0.2) is 18.5 Å². The SMILES string of the molecule is O=C1CC(S(=O)(=O)F)CN1c1cncc(Cl)c1. The summed E-state index contributed by atoms with van der Waals surface area (Å²) >= 11 is 5.70. The van der Waals surface area contributed by atoms with E-state index in [0.29, 0.717) is 10.7 Å². The minimum atomic E-state index is -4.70. The van der Waals surface area contributed by atoms with E-state index in [2.05, 4.69) is 4.98 Å². The van der Waals surface area contributed by atoms with Crippen molar-refractivity contribution in [1.29, 1.82) is 0 Å². The van der Waals surface area contributed by atoms with Crippen molar-refractivity contribution in [3.05, 3.63) is 23.5 Å². The Morgan fingerprint density at radius 2 is 2.18 bits per heavy atom. The van der Waals surface area contributed by atoms with Gasteiger partial charge in [-0.2, -0.15) is 8.42 Å². The van der Waals surface area contributed by atoms with Crippen molar-refractivity contribution in [3.8, 4) is 0 Å². The molecule has 5 nitrogen and oxygen atoms in total. The van der Waals surface area contributed by atoms with Gasteiger partial charge in [0.05, 0.1) is 16.9 Å². The highest BCUT2D eigenvalue weighted by atomic mass is 35.5. The number of carbonyl (C=O) groups excluding carboxylic acids is 1. The molecule has 1 aliphatic heterocycles. The molecule has 0 aromatic carbocycles. The van der Waals surface area contributed by atoms with E-state index in [9.17, 15) is 17.1 Å². The van der Waals surface area contributed by atoms with Crippen molar-refractivity contribution in [2.45, 2.75) is 11.7 Å². The van der Waals surface area contributed by atoms with Gasteiger partial charge in [0.2, 0.25) is 5.91 Å². The molecule has 1 unspecified atom stereocenters. The Morgan fingerprint density at radius 3 is 2.71 bits per heavy atom. The molecule has 1 atom stereocenters. The smallest absolute Gasteiger partial charge is 0.307 e. The van der Waals surface area contributed by atoms with E-state index in [1.54, 1.807) is 0 Å². The maximum Gasteiger partial charge on any atom is 0.307 e. The lowest BCUT2D eigenvalue weighted by atomic mass is 10.4. The van der Waals surface area contributed by atoms with Crippen molar-refractivity contribution < 1.29 is 17.1 Å². The molecule has 1 amide bonds. The van der Waals surface area contributed by atoms with Crippen LogP contribution in [0.1, 0.15) is 6.42 Å². The second-order valence-corrected chi connectivity index (χ2v) is 5.72. The molecule has 0 bridgehead atoms. The number of pyridine rings is 1. The van der Waals surface area contributed by atoms with Crippen LogP contribution in [0.25, 0.3) is 0 Å². The minimum absolute atomic E-state index is 0.209. The zero-order chi connectivity index (χ0) is 12.6. The van der Waals surface area contributed by atoms with Gasteiger partial charge in [0, 0.05) is 19.2 Å². The van der Waals surface area contributed by atoms with E-state index in [0.717, 1.165) is 0 Å². The Hall–Kier alpha value is -1.21. The number of hydrogen-bond acceptors (Lipinski definition) is 4. The Balaban J connectivity index is 2.28. The molecule has 0 aliphatic carbocycles. The summed E-state index contributed by atoms with van der Waals surface area (Å²) in [6.07, 6.45) is 2.40. The number of anilines is 1. The highest BCUT2D eigenvalue weighted by molar-refractivity contribution is 7.87. The molecule has 0 N–H and O–H groups in total. The second-order valence-electron chi connectivity index (χ2n) is 3.67. The van der Waals surface area contributed by atoms with Crippen LogP contribution in [0, 0.1) is 0 Å². The Labute approximate surface area is 102 Å². The van der Waals surface area contributed by atoms with Gasteiger partial charge in [0.1, 0.15) is 5.25 Å². The Kier molecular flexibility index (Phi) is 3.05. The summed E-state index contributed by atoms with van der Waals surface area (Å²) in [7, 11) is -4.70. The molecule has 1 fully saturated rings. The lowest BCUT2D eigenvalue weighted by Crippen LogP contribution is -2.26. The van der Waals surface area contributed by atoms with Gasteiger partial charge in [-0.15, -0.1) is 3.89 Å². The summed E-state index contributed by atoms with van der Waals surface area (Å²) in [5.41, 5.74) is 0.369. The van der Waals surface area contributed by atoms with Crippen LogP contribution in [0.3, 0.4) is 0 Å². The topological polar surface area (TPSA) is 67.3 Å². The third-order valence-electron chi connectivity index (χ3n) is 2.49. The van der Waals surface area contributed by atoms with E-state index in [1.807, 2.05) is 0 Å². The number of aromatic nitrogens is 1. The van der Waals surface area contributed by atoms with Crippen LogP contribution in [-0.4, -0.2) is 31.1 Å². The lowest BCUT2D eigenvalue weighted by molar-refractivity contribution is -0.117. The summed E-state index contributed by atoms with van der Waals surface area (Å²) in [4.78, 5) is 16.5. The summed E-state index contributed by atoms with van der Waals surface area (Å²) in [6.45, 7) is -0.209. The molecule has 1 aliphatic rings. The molecule has 0 radical (unpaired) electrons. The monoisotopic (exact) mass is 278 g/mol. The number of nitrogens with zero attached hydrogens (tertiary/aromatic N) is 2. The quantitative estimate of drug-likeness (QED) is 0.761. The fraction of sp³-hybridized carbons (Fsp3) is 0.333. The standard InChI is InChI=1S/C9H8ClFN2O3S/c10-6-1-7(4-12-3-6)13-5-8(2-9(13)14)17(11,15)16/h1,3-4,8H,2,5H2. The van der Waals surface area contributed by atoms with E-state index in [4.69, 9.17) is 11.6 Å². The van der Waals surface area contributed by atoms with Gasteiger partial charge in [0.25, 0.3) is 0 Å². The number of amides is 1. The predicted octanol–water partition coefficient (Wildman–Crippen LogP) is 1.14. The summed E-state index contributed by atoms with van der Waals surface area (Å²) in [6, 6.07) is 1.47. The number of carbonyl (C=O) groups is 1. The van der Waals surface area contributed by atoms with Crippen molar-refractivity contribution >= 4 is 33.4 Å². The molecule has 1 aromatic heterocycles. The molecule has 92 valence electrons. The number of halogens is 2. The summed E-state index contributed by atoms with van der Waals surface area (Å²) < 4.78 is 34.3. The van der Waals surface area contributed by atoms with Gasteiger partial charge in [-0.1, -0.05) is 11.6 Å². The van der Waals surface area contributed by atoms with Crippen LogP contribution in [0.4, 0.5) is 9.57 Å². The first kappa shape index (κ1) is 12.3. The predicted molar refractivity (Wildman–Crippen MR) is 60.0 cm³/mol. The maximum atomic E-state index is 12.8. The zero-order valence-electron chi connectivity index (χ0n) is 8.51. The van der Waals surface area contributed by atoms with Crippen molar-refractivity contribution in [1.82, 2.24) is 4.98 Å². The number of rotatable bonds is 2. The zero-order valence-corrected chi connectivity index (χ0v) is 10.1. The van der Waals surface area contributed by atoms with E-state index in [1.165, 1.54) is 23.4 Å². The van der Waals surface area contributed by atoms with Crippen LogP contribution in [0.2, 0.25) is 5.02 Å². The highest BCUT2D eigenvalue weighted by Gasteiger charge is 2.39. The van der Waals surface area contributed by atoms with E-state index < -0.39 is 21.4 Å². The maximum absolute atomic E-state index is 12.8. The van der Waals surface area contributed by atoms with Crippen molar-refractivity contribution in [2.75, 3.05) is 11.4 Å². The molecule has 0 saturated carbocycles. The van der Waals surface area contributed by atoms with Gasteiger partial charge in [-0.25, -0.2) is 0 Å². The molecule has 17 heavy (non-hydrogen) atoms. The van der Waals surface area contributed by atoms with Crippen LogP contribution in [-0.2, 0) is 15.0 Å². The average molecular weight is 279 g/mol. The minimum Gasteiger partial charge on any atom is -0.309 e. The fourth-order valence-electron chi connectivity index (χ4n) is 1.66. The molecule has 2 rings (SSSR count). The molecule has 1 saturated heterocycles. The van der Waals surface area contributed by atoms with Gasteiger partial charge in [-0.05, 0) is 6.07 Å². The van der Waals surface area contributed by atoms with Gasteiger partial charge in [0.15, 0.2) is 0 Å². The first-order chi connectivity index (χ1) is 7.88. The van der Waals surface area contributed by atoms with Crippen LogP contribution < -0.4 is 4.90 Å². The molecular formula is C9H8ClFN2O3S. The molecule has 0 spiro atoms. The molecule has 2 heterocycles. The Bertz CT molecular complexity index is 563. The van der Waals surface area contributed by atoms with Gasteiger partial charge < -0.3 is 4.90 Å². The lowest BCUT2D eigenvalue weighted by Gasteiger charge is -2.15. The van der Waals surface area contributed by atoms with E-state index >= 15 is 0 Å². The van der Waals surface area contributed by atoms with Gasteiger partial charge in [-0.3, -0.25) is 9.78 Å². The first-order valence-electron chi connectivity index (χ1n) is 4.72. The second kappa shape index (κ2) is 4.23. The highest BCUT2D eigenvalue weighted by Crippen LogP contribution is 2.26.